The van der Waals surface area contributed by atoms with Gasteiger partial charge in [-0.3, -0.25) is 10.1 Å². The van der Waals surface area contributed by atoms with Crippen LogP contribution in [0.4, 0.5) is 5.13 Å². The highest BCUT2D eigenvalue weighted by atomic mass is 32.2. The van der Waals surface area contributed by atoms with Crippen LogP contribution in [0.15, 0.2) is 17.0 Å². The lowest BCUT2D eigenvalue weighted by Crippen LogP contribution is -2.14. The van der Waals surface area contributed by atoms with Gasteiger partial charge in [-0.25, -0.2) is 0 Å². The van der Waals surface area contributed by atoms with Crippen LogP contribution in [-0.4, -0.2) is 36.6 Å². The van der Waals surface area contributed by atoms with E-state index in [1.54, 1.807) is 16.4 Å². The monoisotopic (exact) mass is 256 g/mol. The lowest BCUT2D eigenvalue weighted by Gasteiger charge is -2.00. The van der Waals surface area contributed by atoms with Crippen LogP contribution in [-0.2, 0) is 11.8 Å². The number of hydrogen-bond acceptors (Lipinski definition) is 7. The van der Waals surface area contributed by atoms with E-state index in [4.69, 9.17) is 0 Å². The van der Waals surface area contributed by atoms with Gasteiger partial charge in [0.05, 0.1) is 5.75 Å². The number of rotatable bonds is 4. The van der Waals surface area contributed by atoms with Crippen molar-refractivity contribution < 1.29 is 4.79 Å². The van der Waals surface area contributed by atoms with Gasteiger partial charge in [-0.1, -0.05) is 23.1 Å². The molecular formula is C7H8N6OS2. The smallest absolute Gasteiger partial charge is 0.236 e. The standard InChI is InChI=1S/C7H8N6OS2/c1-13-3-8-12-7(13)15-2-5(14)10-6-11-9-4-16-6/h3-4H,2H2,1H3,(H,10,11,14). The highest BCUT2D eigenvalue weighted by Gasteiger charge is 2.08. The van der Waals surface area contributed by atoms with Crippen molar-refractivity contribution in [2.24, 2.45) is 7.05 Å². The Morgan fingerprint density at radius 2 is 2.44 bits per heavy atom. The van der Waals surface area contributed by atoms with Crippen LogP contribution in [0.3, 0.4) is 0 Å². The van der Waals surface area contributed by atoms with E-state index >= 15 is 0 Å². The molecule has 0 atom stereocenters. The van der Waals surface area contributed by atoms with Gasteiger partial charge in [0.1, 0.15) is 11.8 Å². The van der Waals surface area contributed by atoms with Crippen LogP contribution >= 0.6 is 23.1 Å². The fourth-order valence-corrected chi connectivity index (χ4v) is 2.07. The molecule has 84 valence electrons. The van der Waals surface area contributed by atoms with Gasteiger partial charge in [-0.05, 0) is 0 Å². The molecule has 16 heavy (non-hydrogen) atoms. The van der Waals surface area contributed by atoms with Gasteiger partial charge in [-0.2, -0.15) is 0 Å². The van der Waals surface area contributed by atoms with Crippen LogP contribution in [0.25, 0.3) is 0 Å². The molecule has 0 saturated carbocycles. The molecule has 2 heterocycles. The van der Waals surface area contributed by atoms with E-state index in [0.29, 0.717) is 10.3 Å². The summed E-state index contributed by atoms with van der Waals surface area (Å²) in [6.45, 7) is 0. The van der Waals surface area contributed by atoms with E-state index < -0.39 is 0 Å². The Kier molecular flexibility index (Phi) is 3.47. The molecule has 7 nitrogen and oxygen atoms in total. The molecule has 1 amide bonds. The van der Waals surface area contributed by atoms with E-state index in [9.17, 15) is 4.79 Å². The molecule has 2 aromatic heterocycles. The lowest BCUT2D eigenvalue weighted by molar-refractivity contribution is -0.113. The topological polar surface area (TPSA) is 85.6 Å². The summed E-state index contributed by atoms with van der Waals surface area (Å²) in [5.41, 5.74) is 1.56. The van der Waals surface area contributed by atoms with Crippen molar-refractivity contribution in [3.63, 3.8) is 0 Å². The van der Waals surface area contributed by atoms with Crippen molar-refractivity contribution in [1.82, 2.24) is 25.0 Å². The maximum atomic E-state index is 11.5. The maximum Gasteiger partial charge on any atom is 0.236 e. The first-order valence-electron chi connectivity index (χ1n) is 4.28. The minimum Gasteiger partial charge on any atom is -0.312 e. The molecule has 2 aromatic rings. The van der Waals surface area contributed by atoms with E-state index in [0.717, 1.165) is 0 Å². The zero-order chi connectivity index (χ0) is 11.4. The Balaban J connectivity index is 1.82. The normalized spacial score (nSPS) is 10.3. The van der Waals surface area contributed by atoms with E-state index in [2.05, 4.69) is 25.7 Å². The number of aromatic nitrogens is 5. The Labute approximate surface area is 99.3 Å². The average molecular weight is 256 g/mol. The summed E-state index contributed by atoms with van der Waals surface area (Å²) in [7, 11) is 1.82. The number of carbonyl (C=O) groups excluding carboxylic acids is 1. The first-order valence-corrected chi connectivity index (χ1v) is 6.15. The zero-order valence-corrected chi connectivity index (χ0v) is 9.96. The zero-order valence-electron chi connectivity index (χ0n) is 8.32. The number of nitrogens with one attached hydrogen (secondary N) is 1. The molecule has 0 aliphatic rings. The molecule has 0 bridgehead atoms. The first-order chi connectivity index (χ1) is 7.75. The SMILES string of the molecule is Cn1cnnc1SCC(=O)Nc1nncs1. The van der Waals surface area contributed by atoms with Crippen molar-refractivity contribution in [2.75, 3.05) is 11.1 Å². The molecule has 0 aromatic carbocycles. The second-order valence-electron chi connectivity index (χ2n) is 2.81. The predicted octanol–water partition coefficient (Wildman–Crippen LogP) is 0.397. The predicted molar refractivity (Wildman–Crippen MR) is 60.3 cm³/mol. The summed E-state index contributed by atoms with van der Waals surface area (Å²) in [5, 5.41) is 18.7. The fourth-order valence-electron chi connectivity index (χ4n) is 0.916. The van der Waals surface area contributed by atoms with Crippen molar-refractivity contribution in [3.05, 3.63) is 11.8 Å². The third kappa shape index (κ3) is 2.76. The minimum absolute atomic E-state index is 0.134. The largest absolute Gasteiger partial charge is 0.312 e. The summed E-state index contributed by atoms with van der Waals surface area (Å²) < 4.78 is 1.75. The maximum absolute atomic E-state index is 11.5. The van der Waals surface area contributed by atoms with Gasteiger partial charge in [0, 0.05) is 7.05 Å². The third-order valence-corrected chi connectivity index (χ3v) is 3.25. The van der Waals surface area contributed by atoms with Crippen LogP contribution in [0.1, 0.15) is 0 Å². The molecule has 2 rings (SSSR count). The van der Waals surface area contributed by atoms with E-state index in [1.807, 2.05) is 7.05 Å². The molecule has 0 aliphatic heterocycles. The summed E-state index contributed by atoms with van der Waals surface area (Å²) in [4.78, 5) is 11.5. The Bertz CT molecular complexity index is 467. The number of aryl methyl sites for hydroxylation is 1. The van der Waals surface area contributed by atoms with Gasteiger partial charge in [0.25, 0.3) is 0 Å². The Hall–Kier alpha value is -1.48. The van der Waals surface area contributed by atoms with Crippen molar-refractivity contribution in [1.29, 1.82) is 0 Å². The first kappa shape index (κ1) is 11.0. The Morgan fingerprint density at radius 1 is 1.56 bits per heavy atom. The summed E-state index contributed by atoms with van der Waals surface area (Å²) >= 11 is 2.60. The number of carbonyl (C=O) groups is 1. The van der Waals surface area contributed by atoms with Crippen LogP contribution < -0.4 is 5.32 Å². The summed E-state index contributed by atoms with van der Waals surface area (Å²) in [5.74, 6) is 0.135. The molecule has 0 fully saturated rings. The fraction of sp³-hybridized carbons (Fsp3) is 0.286. The number of hydrogen-bond donors (Lipinski definition) is 1. The van der Waals surface area contributed by atoms with Gasteiger partial charge in [0.2, 0.25) is 11.0 Å². The van der Waals surface area contributed by atoms with Gasteiger partial charge >= 0.3 is 0 Å². The molecule has 9 heteroatoms. The minimum atomic E-state index is -0.134. The molecular weight excluding hydrogens is 248 g/mol. The molecule has 0 radical (unpaired) electrons. The van der Waals surface area contributed by atoms with Gasteiger partial charge in [0.15, 0.2) is 5.16 Å². The van der Waals surface area contributed by atoms with E-state index in [-0.39, 0.29) is 11.7 Å². The second-order valence-corrected chi connectivity index (χ2v) is 4.58. The average Bonchev–Trinajstić information content (AvgIpc) is 2.87. The summed E-state index contributed by atoms with van der Waals surface area (Å²) in [6.07, 6.45) is 1.59. The quantitative estimate of drug-likeness (QED) is 0.797. The number of nitrogens with zero attached hydrogens (tertiary/aromatic N) is 5. The number of thioether (sulfide) groups is 1. The summed E-state index contributed by atoms with van der Waals surface area (Å²) in [6, 6.07) is 0. The molecule has 0 saturated heterocycles. The molecule has 0 spiro atoms. The van der Waals surface area contributed by atoms with E-state index in [1.165, 1.54) is 23.1 Å². The van der Waals surface area contributed by atoms with Gasteiger partial charge in [-0.15, -0.1) is 20.4 Å². The number of amides is 1. The molecule has 0 aliphatic carbocycles. The van der Waals surface area contributed by atoms with Gasteiger partial charge < -0.3 is 4.57 Å². The molecule has 1 N–H and O–H groups in total. The van der Waals surface area contributed by atoms with Crippen LogP contribution in [0, 0.1) is 0 Å². The Morgan fingerprint density at radius 3 is 3.06 bits per heavy atom. The van der Waals surface area contributed by atoms with Crippen molar-refractivity contribution >= 4 is 34.1 Å². The van der Waals surface area contributed by atoms with Crippen molar-refractivity contribution in [3.8, 4) is 0 Å². The highest BCUT2D eigenvalue weighted by Crippen LogP contribution is 2.14. The highest BCUT2D eigenvalue weighted by molar-refractivity contribution is 7.99. The van der Waals surface area contributed by atoms with Crippen LogP contribution in [0.2, 0.25) is 0 Å². The number of anilines is 1. The second kappa shape index (κ2) is 5.03. The van der Waals surface area contributed by atoms with Crippen LogP contribution in [0.5, 0.6) is 0 Å². The molecule has 0 unspecified atom stereocenters. The van der Waals surface area contributed by atoms with Crippen molar-refractivity contribution in [2.45, 2.75) is 5.16 Å². The third-order valence-electron chi connectivity index (χ3n) is 1.61. The lowest BCUT2D eigenvalue weighted by atomic mass is 10.7.